The van der Waals surface area contributed by atoms with E-state index in [9.17, 15) is 9.59 Å². The van der Waals surface area contributed by atoms with Crippen molar-refractivity contribution in [2.75, 3.05) is 0 Å². The zero-order valence-corrected chi connectivity index (χ0v) is 11.6. The van der Waals surface area contributed by atoms with Crippen molar-refractivity contribution >= 4 is 11.8 Å². The van der Waals surface area contributed by atoms with Gasteiger partial charge in [0, 0.05) is 6.42 Å². The first-order valence-corrected chi connectivity index (χ1v) is 6.61. The van der Waals surface area contributed by atoms with Gasteiger partial charge in [-0.3, -0.25) is 9.59 Å². The van der Waals surface area contributed by atoms with Crippen LogP contribution in [0.2, 0.25) is 0 Å². The highest BCUT2D eigenvalue weighted by Crippen LogP contribution is 2.06. The lowest BCUT2D eigenvalue weighted by Crippen LogP contribution is -2.45. The number of aryl methyl sites for hydroxylation is 1. The van der Waals surface area contributed by atoms with E-state index in [0.29, 0.717) is 12.8 Å². The van der Waals surface area contributed by atoms with Crippen LogP contribution in [0.4, 0.5) is 0 Å². The van der Waals surface area contributed by atoms with Crippen LogP contribution in [-0.4, -0.2) is 17.9 Å². The summed E-state index contributed by atoms with van der Waals surface area (Å²) in [5.41, 5.74) is 6.46. The summed E-state index contributed by atoms with van der Waals surface area (Å²) in [6.45, 7) is 3.92. The first-order valence-electron chi connectivity index (χ1n) is 6.61. The summed E-state index contributed by atoms with van der Waals surface area (Å²) in [6, 6.07) is 9.24. The molecule has 0 saturated heterocycles. The van der Waals surface area contributed by atoms with Crippen molar-refractivity contribution in [1.29, 1.82) is 0 Å². The number of rotatable bonds is 7. The molecular formula is C15H22N2O2. The number of nitrogens with two attached hydrogens (primary N) is 1. The molecule has 0 aromatic heterocycles. The van der Waals surface area contributed by atoms with E-state index in [2.05, 4.69) is 5.32 Å². The van der Waals surface area contributed by atoms with Crippen molar-refractivity contribution < 1.29 is 9.59 Å². The topological polar surface area (TPSA) is 72.2 Å². The quantitative estimate of drug-likeness (QED) is 0.784. The molecule has 0 unspecified atom stereocenters. The molecule has 0 aliphatic heterocycles. The molecular weight excluding hydrogens is 240 g/mol. The normalized spacial score (nSPS) is 12.2. The highest BCUT2D eigenvalue weighted by molar-refractivity contribution is 5.86. The fourth-order valence-corrected chi connectivity index (χ4v) is 1.87. The lowest BCUT2D eigenvalue weighted by Gasteiger charge is -2.16. The Balaban J connectivity index is 2.49. The van der Waals surface area contributed by atoms with Crippen molar-refractivity contribution in [3.8, 4) is 0 Å². The molecule has 4 nitrogen and oxygen atoms in total. The van der Waals surface area contributed by atoms with Gasteiger partial charge in [-0.15, -0.1) is 0 Å². The minimum Gasteiger partial charge on any atom is -0.368 e. The van der Waals surface area contributed by atoms with Gasteiger partial charge < -0.3 is 11.1 Å². The Labute approximate surface area is 114 Å². The summed E-state index contributed by atoms with van der Waals surface area (Å²) in [6.07, 6.45) is 1.66. The average molecular weight is 262 g/mol. The van der Waals surface area contributed by atoms with Gasteiger partial charge >= 0.3 is 0 Å². The highest BCUT2D eigenvalue weighted by atomic mass is 16.2. The molecule has 3 N–H and O–H groups in total. The fraction of sp³-hybridized carbons (Fsp3) is 0.467. The van der Waals surface area contributed by atoms with E-state index in [1.54, 1.807) is 0 Å². The average Bonchev–Trinajstić information content (AvgIpc) is 2.34. The van der Waals surface area contributed by atoms with Gasteiger partial charge in [0.05, 0.1) is 0 Å². The molecule has 0 saturated carbocycles. The van der Waals surface area contributed by atoms with Gasteiger partial charge in [0.15, 0.2) is 0 Å². The Kier molecular flexibility index (Phi) is 6.06. The lowest BCUT2D eigenvalue weighted by atomic mass is 10.0. The van der Waals surface area contributed by atoms with Gasteiger partial charge in [0.2, 0.25) is 11.8 Å². The van der Waals surface area contributed by atoms with E-state index >= 15 is 0 Å². The predicted octanol–water partition coefficient (Wildman–Crippen LogP) is 1.64. The summed E-state index contributed by atoms with van der Waals surface area (Å²) >= 11 is 0. The van der Waals surface area contributed by atoms with Crippen molar-refractivity contribution in [2.24, 2.45) is 11.7 Å². The molecule has 1 atom stereocenters. The maximum Gasteiger partial charge on any atom is 0.240 e. The second-order valence-corrected chi connectivity index (χ2v) is 5.14. The van der Waals surface area contributed by atoms with Gasteiger partial charge in [-0.2, -0.15) is 0 Å². The first-order chi connectivity index (χ1) is 8.99. The maximum atomic E-state index is 11.7. The number of carbonyl (C=O) groups is 2. The van der Waals surface area contributed by atoms with Gasteiger partial charge in [-0.25, -0.2) is 0 Å². The molecule has 0 fully saturated rings. The number of hydrogen-bond donors (Lipinski definition) is 2. The number of benzene rings is 1. The third-order valence-corrected chi connectivity index (χ3v) is 2.84. The molecule has 0 radical (unpaired) electrons. The van der Waals surface area contributed by atoms with Crippen LogP contribution >= 0.6 is 0 Å². The third-order valence-electron chi connectivity index (χ3n) is 2.84. The van der Waals surface area contributed by atoms with Gasteiger partial charge in [0.1, 0.15) is 6.04 Å². The number of hydrogen-bond acceptors (Lipinski definition) is 2. The summed E-state index contributed by atoms with van der Waals surface area (Å²) in [5.74, 6) is -0.331. The number of nitrogens with one attached hydrogen (secondary N) is 1. The zero-order chi connectivity index (χ0) is 14.3. The van der Waals surface area contributed by atoms with Crippen molar-refractivity contribution in [3.05, 3.63) is 35.9 Å². The summed E-state index contributed by atoms with van der Waals surface area (Å²) in [4.78, 5) is 23.0. The number of primary amides is 1. The van der Waals surface area contributed by atoms with Crippen molar-refractivity contribution in [2.45, 2.75) is 39.2 Å². The van der Waals surface area contributed by atoms with Crippen molar-refractivity contribution in [1.82, 2.24) is 5.32 Å². The molecule has 0 aliphatic carbocycles. The Bertz CT molecular complexity index is 415. The van der Waals surface area contributed by atoms with Crippen LogP contribution in [0.5, 0.6) is 0 Å². The monoisotopic (exact) mass is 262 g/mol. The molecule has 0 spiro atoms. The van der Waals surface area contributed by atoms with E-state index in [4.69, 9.17) is 5.73 Å². The van der Waals surface area contributed by atoms with Gasteiger partial charge in [0.25, 0.3) is 0 Å². The highest BCUT2D eigenvalue weighted by Gasteiger charge is 2.18. The SMILES string of the molecule is CC(C)CC(=O)N[C@H](CCc1ccccc1)C(N)=O. The Morgan fingerprint density at radius 1 is 1.21 bits per heavy atom. The number of amides is 2. The molecule has 1 aromatic carbocycles. The molecule has 0 heterocycles. The molecule has 4 heteroatoms. The molecule has 2 amide bonds. The van der Waals surface area contributed by atoms with Crippen molar-refractivity contribution in [3.63, 3.8) is 0 Å². The largest absolute Gasteiger partial charge is 0.368 e. The van der Waals surface area contributed by atoms with Crippen LogP contribution in [0.25, 0.3) is 0 Å². The van der Waals surface area contributed by atoms with E-state index < -0.39 is 11.9 Å². The van der Waals surface area contributed by atoms with Crippen LogP contribution in [0.3, 0.4) is 0 Å². The Morgan fingerprint density at radius 2 is 1.84 bits per heavy atom. The van der Waals surface area contributed by atoms with Crippen LogP contribution in [-0.2, 0) is 16.0 Å². The van der Waals surface area contributed by atoms with Crippen LogP contribution in [0.15, 0.2) is 30.3 Å². The summed E-state index contributed by atoms with van der Waals surface area (Å²) in [7, 11) is 0. The molecule has 0 bridgehead atoms. The molecule has 0 aliphatic rings. The number of carbonyl (C=O) groups excluding carboxylic acids is 2. The van der Waals surface area contributed by atoms with Crippen LogP contribution in [0, 0.1) is 5.92 Å². The molecule has 1 aromatic rings. The molecule has 1 rings (SSSR count). The van der Waals surface area contributed by atoms with E-state index in [1.807, 2.05) is 44.2 Å². The van der Waals surface area contributed by atoms with E-state index in [0.717, 1.165) is 12.0 Å². The third kappa shape index (κ3) is 6.04. The Morgan fingerprint density at radius 3 is 2.37 bits per heavy atom. The van der Waals surface area contributed by atoms with E-state index in [1.165, 1.54) is 0 Å². The second kappa shape index (κ2) is 7.56. The lowest BCUT2D eigenvalue weighted by molar-refractivity contribution is -0.127. The predicted molar refractivity (Wildman–Crippen MR) is 75.3 cm³/mol. The van der Waals surface area contributed by atoms with Crippen LogP contribution in [0.1, 0.15) is 32.3 Å². The first kappa shape index (κ1) is 15.2. The Hall–Kier alpha value is -1.84. The second-order valence-electron chi connectivity index (χ2n) is 5.14. The zero-order valence-electron chi connectivity index (χ0n) is 11.6. The minimum absolute atomic E-state index is 0.119. The standard InChI is InChI=1S/C15H22N2O2/c1-11(2)10-14(18)17-13(15(16)19)9-8-12-6-4-3-5-7-12/h3-7,11,13H,8-10H2,1-2H3,(H2,16,19)(H,17,18)/t13-/m1/s1. The molecule has 104 valence electrons. The van der Waals surface area contributed by atoms with Crippen LogP contribution < -0.4 is 11.1 Å². The van der Waals surface area contributed by atoms with Gasteiger partial charge in [-0.05, 0) is 24.3 Å². The molecule has 19 heavy (non-hydrogen) atoms. The fourth-order valence-electron chi connectivity index (χ4n) is 1.87. The van der Waals surface area contributed by atoms with Gasteiger partial charge in [-0.1, -0.05) is 44.2 Å². The summed E-state index contributed by atoms with van der Waals surface area (Å²) < 4.78 is 0. The smallest absolute Gasteiger partial charge is 0.240 e. The van der Waals surface area contributed by atoms with E-state index in [-0.39, 0.29) is 11.8 Å². The summed E-state index contributed by atoms with van der Waals surface area (Å²) in [5, 5.41) is 2.70. The maximum absolute atomic E-state index is 11.7. The minimum atomic E-state index is -0.591.